The molecule has 0 aliphatic carbocycles. The van der Waals surface area contributed by atoms with Gasteiger partial charge < -0.3 is 8.92 Å². The van der Waals surface area contributed by atoms with E-state index in [4.69, 9.17) is 8.92 Å². The number of benzene rings is 3. The summed E-state index contributed by atoms with van der Waals surface area (Å²) in [7, 11) is -4.32. The van der Waals surface area contributed by atoms with E-state index >= 15 is 0 Å². The fourth-order valence-electron chi connectivity index (χ4n) is 2.76. The number of carbonyl (C=O) groups is 1. The number of nitro benzene ring substituents is 1. The molecule has 1 N–H and O–H groups in total. The monoisotopic (exact) mass is 625 g/mol. The summed E-state index contributed by atoms with van der Waals surface area (Å²) in [5.74, 6) is -0.423. The van der Waals surface area contributed by atoms with Crippen LogP contribution in [0.2, 0.25) is 0 Å². The molecule has 0 saturated carbocycles. The van der Waals surface area contributed by atoms with Gasteiger partial charge in [0.1, 0.15) is 4.90 Å². The summed E-state index contributed by atoms with van der Waals surface area (Å²) in [4.78, 5) is 22.1. The Kier molecular flexibility index (Phi) is 8.59. The van der Waals surface area contributed by atoms with Crippen molar-refractivity contribution in [2.24, 2.45) is 5.10 Å². The average molecular weight is 627 g/mol. The van der Waals surface area contributed by atoms with Crippen molar-refractivity contribution in [1.29, 1.82) is 0 Å². The second kappa shape index (κ2) is 11.4. The van der Waals surface area contributed by atoms with Crippen LogP contribution in [0.4, 0.5) is 5.69 Å². The van der Waals surface area contributed by atoms with Crippen LogP contribution in [0.5, 0.6) is 11.5 Å². The van der Waals surface area contributed by atoms with Crippen molar-refractivity contribution >= 4 is 59.8 Å². The topological polar surface area (TPSA) is 137 Å². The molecule has 0 saturated heterocycles. The molecule has 13 heteroatoms. The van der Waals surface area contributed by atoms with Gasteiger partial charge >= 0.3 is 10.1 Å². The first-order chi connectivity index (χ1) is 16.6. The van der Waals surface area contributed by atoms with Gasteiger partial charge in [-0.05, 0) is 70.9 Å². The van der Waals surface area contributed by atoms with Crippen molar-refractivity contribution in [1.82, 2.24) is 5.43 Å². The molecule has 0 atom stereocenters. The molecule has 0 aromatic heterocycles. The first-order valence-electron chi connectivity index (χ1n) is 9.85. The van der Waals surface area contributed by atoms with Gasteiger partial charge in [0.05, 0.1) is 22.2 Å². The summed E-state index contributed by atoms with van der Waals surface area (Å²) < 4.78 is 37.3. The zero-order valence-electron chi connectivity index (χ0n) is 18.0. The van der Waals surface area contributed by atoms with E-state index in [1.165, 1.54) is 18.3 Å². The summed E-state index contributed by atoms with van der Waals surface area (Å²) in [5, 5.41) is 14.7. The molecule has 3 rings (SSSR count). The minimum Gasteiger partial charge on any atom is -0.490 e. The van der Waals surface area contributed by atoms with Crippen molar-refractivity contribution in [2.45, 2.75) is 11.8 Å². The van der Waals surface area contributed by atoms with E-state index in [0.717, 1.165) is 28.7 Å². The Labute approximate surface area is 217 Å². The number of amides is 1. The van der Waals surface area contributed by atoms with Crippen molar-refractivity contribution in [2.75, 3.05) is 6.61 Å². The number of nitrogens with zero attached hydrogens (tertiary/aromatic N) is 2. The summed E-state index contributed by atoms with van der Waals surface area (Å²) in [6, 6.07) is 14.1. The highest BCUT2D eigenvalue weighted by atomic mass is 79.9. The third-order valence-electron chi connectivity index (χ3n) is 4.33. The van der Waals surface area contributed by atoms with Crippen LogP contribution in [0.1, 0.15) is 22.8 Å². The molecule has 182 valence electrons. The Morgan fingerprint density at radius 1 is 1.14 bits per heavy atom. The van der Waals surface area contributed by atoms with E-state index in [1.54, 1.807) is 31.2 Å². The van der Waals surface area contributed by atoms with Crippen LogP contribution in [0.25, 0.3) is 0 Å². The predicted octanol–water partition coefficient (Wildman–Crippen LogP) is 5.05. The molecule has 0 fully saturated rings. The fourth-order valence-corrected chi connectivity index (χ4v) is 4.76. The highest BCUT2D eigenvalue weighted by Gasteiger charge is 2.23. The molecular weight excluding hydrogens is 610 g/mol. The normalized spacial score (nSPS) is 11.3. The van der Waals surface area contributed by atoms with Crippen molar-refractivity contribution in [3.8, 4) is 11.5 Å². The van der Waals surface area contributed by atoms with Gasteiger partial charge in [-0.3, -0.25) is 14.9 Å². The van der Waals surface area contributed by atoms with Gasteiger partial charge in [0.2, 0.25) is 0 Å². The number of hydrogen-bond acceptors (Lipinski definition) is 8. The molecule has 1 amide bonds. The molecular formula is C22H17Br2N3O7S. The molecule has 0 spiro atoms. The third-order valence-corrected chi connectivity index (χ3v) is 6.65. The lowest BCUT2D eigenvalue weighted by Crippen LogP contribution is -2.17. The SMILES string of the molecule is CCOc1cc(/C=N/NC(=O)c2cccc(Br)c2)cc(Br)c1OS(=O)(=O)c1ccc([N+](=O)[O-])cc1. The van der Waals surface area contributed by atoms with Crippen LogP contribution in [-0.4, -0.2) is 32.1 Å². The summed E-state index contributed by atoms with van der Waals surface area (Å²) in [6.07, 6.45) is 1.36. The van der Waals surface area contributed by atoms with Crippen LogP contribution < -0.4 is 14.3 Å². The van der Waals surface area contributed by atoms with Gasteiger partial charge in [0.15, 0.2) is 11.5 Å². The zero-order chi connectivity index (χ0) is 25.6. The van der Waals surface area contributed by atoms with Crippen molar-refractivity contribution < 1.29 is 27.1 Å². The molecule has 3 aromatic rings. The predicted molar refractivity (Wildman–Crippen MR) is 135 cm³/mol. The van der Waals surface area contributed by atoms with Crippen molar-refractivity contribution in [3.63, 3.8) is 0 Å². The van der Waals surface area contributed by atoms with E-state index in [2.05, 4.69) is 42.4 Å². The lowest BCUT2D eigenvalue weighted by molar-refractivity contribution is -0.384. The molecule has 3 aromatic carbocycles. The number of non-ortho nitro benzene ring substituents is 1. The van der Waals surface area contributed by atoms with Crippen LogP contribution in [-0.2, 0) is 10.1 Å². The molecule has 0 unspecified atom stereocenters. The number of nitrogens with one attached hydrogen (secondary N) is 1. The van der Waals surface area contributed by atoms with E-state index in [0.29, 0.717) is 11.1 Å². The van der Waals surface area contributed by atoms with Gasteiger partial charge in [-0.1, -0.05) is 22.0 Å². The number of hydrazone groups is 1. The van der Waals surface area contributed by atoms with Gasteiger partial charge in [0, 0.05) is 22.2 Å². The Morgan fingerprint density at radius 3 is 2.49 bits per heavy atom. The van der Waals surface area contributed by atoms with E-state index in [1.807, 2.05) is 0 Å². The highest BCUT2D eigenvalue weighted by Crippen LogP contribution is 2.38. The second-order valence-corrected chi connectivity index (χ2v) is 10.1. The Hall–Kier alpha value is -3.29. The van der Waals surface area contributed by atoms with Gasteiger partial charge in [-0.15, -0.1) is 0 Å². The molecule has 0 aliphatic heterocycles. The standard InChI is InChI=1S/C22H17Br2N3O7S/c1-2-33-20-11-14(13-25-26-22(28)15-4-3-5-16(23)12-15)10-19(24)21(20)34-35(31,32)18-8-6-17(7-9-18)27(29)30/h3-13H,2H2,1H3,(H,26,28)/b25-13+. The van der Waals surface area contributed by atoms with Crippen molar-refractivity contribution in [3.05, 3.63) is 90.9 Å². The smallest absolute Gasteiger partial charge is 0.339 e. The second-order valence-electron chi connectivity index (χ2n) is 6.76. The minimum atomic E-state index is -4.32. The first-order valence-corrected chi connectivity index (χ1v) is 12.8. The summed E-state index contributed by atoms with van der Waals surface area (Å²) in [6.45, 7) is 1.92. The average Bonchev–Trinajstić information content (AvgIpc) is 2.81. The van der Waals surface area contributed by atoms with Gasteiger partial charge in [-0.25, -0.2) is 5.43 Å². The lowest BCUT2D eigenvalue weighted by Gasteiger charge is -2.14. The molecule has 0 heterocycles. The molecule has 0 radical (unpaired) electrons. The van der Waals surface area contributed by atoms with Crippen LogP contribution in [0, 0.1) is 10.1 Å². The quantitative estimate of drug-likeness (QED) is 0.152. The summed E-state index contributed by atoms with van der Waals surface area (Å²) in [5.41, 5.74) is 3.05. The Morgan fingerprint density at radius 2 is 1.86 bits per heavy atom. The number of hydrogen-bond donors (Lipinski definition) is 1. The number of halogens is 2. The number of carbonyl (C=O) groups excluding carboxylic acids is 1. The molecule has 35 heavy (non-hydrogen) atoms. The first kappa shape index (κ1) is 26.3. The van der Waals surface area contributed by atoms with E-state index < -0.39 is 20.9 Å². The molecule has 0 aliphatic rings. The highest BCUT2D eigenvalue weighted by molar-refractivity contribution is 9.10. The number of nitro groups is 1. The zero-order valence-corrected chi connectivity index (χ0v) is 22.0. The maximum absolute atomic E-state index is 12.7. The maximum Gasteiger partial charge on any atom is 0.339 e. The summed E-state index contributed by atoms with van der Waals surface area (Å²) >= 11 is 6.57. The van der Waals surface area contributed by atoms with Crippen LogP contribution >= 0.6 is 31.9 Å². The number of ether oxygens (including phenoxy) is 1. The Bertz CT molecular complexity index is 1390. The largest absolute Gasteiger partial charge is 0.490 e. The van der Waals surface area contributed by atoms with E-state index in [-0.39, 0.29) is 33.2 Å². The third kappa shape index (κ3) is 6.87. The van der Waals surface area contributed by atoms with E-state index in [9.17, 15) is 23.3 Å². The maximum atomic E-state index is 12.7. The van der Waals surface area contributed by atoms with Gasteiger partial charge in [-0.2, -0.15) is 13.5 Å². The van der Waals surface area contributed by atoms with Crippen LogP contribution in [0.3, 0.4) is 0 Å². The minimum absolute atomic E-state index is 0.104. The fraction of sp³-hybridized carbons (Fsp3) is 0.0909. The number of rotatable bonds is 9. The lowest BCUT2D eigenvalue weighted by atomic mass is 10.2. The van der Waals surface area contributed by atoms with Gasteiger partial charge in [0.25, 0.3) is 11.6 Å². The molecule has 0 bridgehead atoms. The van der Waals surface area contributed by atoms with Crippen LogP contribution in [0.15, 0.2) is 79.6 Å². The molecule has 10 nitrogen and oxygen atoms in total. The Balaban J connectivity index is 1.82.